The SMILES string of the molecule is CNCCC1CCCCN1CCCCO. The van der Waals surface area contributed by atoms with Crippen LogP contribution in [-0.4, -0.2) is 49.3 Å². The van der Waals surface area contributed by atoms with Gasteiger partial charge in [0.05, 0.1) is 0 Å². The molecule has 1 rings (SSSR count). The molecule has 0 radical (unpaired) electrons. The van der Waals surface area contributed by atoms with Gasteiger partial charge < -0.3 is 15.3 Å². The summed E-state index contributed by atoms with van der Waals surface area (Å²) in [5.74, 6) is 0. The van der Waals surface area contributed by atoms with Gasteiger partial charge in [-0.3, -0.25) is 0 Å². The molecule has 15 heavy (non-hydrogen) atoms. The van der Waals surface area contributed by atoms with E-state index >= 15 is 0 Å². The van der Waals surface area contributed by atoms with Gasteiger partial charge in [-0.1, -0.05) is 6.42 Å². The molecule has 1 aliphatic rings. The number of unbranched alkanes of at least 4 members (excludes halogenated alkanes) is 1. The molecule has 3 nitrogen and oxygen atoms in total. The molecule has 0 aliphatic carbocycles. The van der Waals surface area contributed by atoms with Crippen molar-refractivity contribution in [1.82, 2.24) is 10.2 Å². The van der Waals surface area contributed by atoms with Crippen LogP contribution >= 0.6 is 0 Å². The molecule has 0 amide bonds. The van der Waals surface area contributed by atoms with Crippen LogP contribution in [0.3, 0.4) is 0 Å². The zero-order valence-electron chi connectivity index (χ0n) is 10.0. The van der Waals surface area contributed by atoms with E-state index in [2.05, 4.69) is 10.2 Å². The summed E-state index contributed by atoms with van der Waals surface area (Å²) in [5.41, 5.74) is 0. The van der Waals surface area contributed by atoms with Crippen LogP contribution in [0.2, 0.25) is 0 Å². The van der Waals surface area contributed by atoms with Gasteiger partial charge in [0, 0.05) is 12.6 Å². The second-order valence-electron chi connectivity index (χ2n) is 4.51. The lowest BCUT2D eigenvalue weighted by Gasteiger charge is -2.35. The summed E-state index contributed by atoms with van der Waals surface area (Å²) in [6.45, 7) is 3.91. The van der Waals surface area contributed by atoms with Crippen LogP contribution in [-0.2, 0) is 0 Å². The number of nitrogens with zero attached hydrogens (tertiary/aromatic N) is 1. The van der Waals surface area contributed by atoms with Crippen LogP contribution in [0, 0.1) is 0 Å². The lowest BCUT2D eigenvalue weighted by atomic mass is 9.99. The second kappa shape index (κ2) is 8.08. The van der Waals surface area contributed by atoms with Gasteiger partial charge in [-0.05, 0) is 58.8 Å². The fraction of sp³-hybridized carbons (Fsp3) is 1.00. The number of hydrogen-bond acceptors (Lipinski definition) is 3. The molecule has 1 heterocycles. The number of aliphatic hydroxyl groups excluding tert-OH is 1. The van der Waals surface area contributed by atoms with E-state index in [0.717, 1.165) is 25.4 Å². The Hall–Kier alpha value is -0.120. The molecule has 0 bridgehead atoms. The number of aliphatic hydroxyl groups is 1. The van der Waals surface area contributed by atoms with Gasteiger partial charge in [0.25, 0.3) is 0 Å². The van der Waals surface area contributed by atoms with Crippen molar-refractivity contribution in [1.29, 1.82) is 0 Å². The van der Waals surface area contributed by atoms with Gasteiger partial charge in [-0.2, -0.15) is 0 Å². The van der Waals surface area contributed by atoms with Crippen molar-refractivity contribution in [3.05, 3.63) is 0 Å². The average Bonchev–Trinajstić information content (AvgIpc) is 2.28. The quantitative estimate of drug-likeness (QED) is 0.626. The number of piperidine rings is 1. The van der Waals surface area contributed by atoms with E-state index in [1.54, 1.807) is 0 Å². The lowest BCUT2D eigenvalue weighted by Crippen LogP contribution is -2.41. The molecule has 2 N–H and O–H groups in total. The maximum Gasteiger partial charge on any atom is 0.0431 e. The minimum atomic E-state index is 0.342. The monoisotopic (exact) mass is 214 g/mol. The van der Waals surface area contributed by atoms with Gasteiger partial charge in [0.1, 0.15) is 0 Å². The Morgan fingerprint density at radius 3 is 2.93 bits per heavy atom. The summed E-state index contributed by atoms with van der Waals surface area (Å²) in [6.07, 6.45) is 7.48. The maximum absolute atomic E-state index is 8.77. The first-order chi connectivity index (χ1) is 7.38. The summed E-state index contributed by atoms with van der Waals surface area (Å²) >= 11 is 0. The highest BCUT2D eigenvalue weighted by molar-refractivity contribution is 4.77. The summed E-state index contributed by atoms with van der Waals surface area (Å²) in [4.78, 5) is 2.62. The van der Waals surface area contributed by atoms with Gasteiger partial charge >= 0.3 is 0 Å². The predicted octanol–water partition coefficient (Wildman–Crippen LogP) is 1.22. The molecule has 0 aromatic carbocycles. The van der Waals surface area contributed by atoms with E-state index in [9.17, 15) is 0 Å². The molecule has 1 aliphatic heterocycles. The van der Waals surface area contributed by atoms with Crippen molar-refractivity contribution < 1.29 is 5.11 Å². The first kappa shape index (κ1) is 12.9. The Bertz CT molecular complexity index is 153. The van der Waals surface area contributed by atoms with Gasteiger partial charge in [-0.25, -0.2) is 0 Å². The number of nitrogens with one attached hydrogen (secondary N) is 1. The molecule has 1 atom stereocenters. The van der Waals surface area contributed by atoms with E-state index in [4.69, 9.17) is 5.11 Å². The molecular formula is C12H26N2O. The molecule has 3 heteroatoms. The van der Waals surface area contributed by atoms with Crippen molar-refractivity contribution in [3.8, 4) is 0 Å². The molecular weight excluding hydrogens is 188 g/mol. The molecule has 0 aromatic rings. The van der Waals surface area contributed by atoms with Crippen molar-refractivity contribution in [2.45, 2.75) is 44.6 Å². The van der Waals surface area contributed by atoms with E-state index in [1.807, 2.05) is 7.05 Å². The summed E-state index contributed by atoms with van der Waals surface area (Å²) in [6, 6.07) is 0.782. The van der Waals surface area contributed by atoms with E-state index < -0.39 is 0 Å². The van der Waals surface area contributed by atoms with E-state index in [0.29, 0.717) is 6.61 Å². The minimum absolute atomic E-state index is 0.342. The molecule has 1 fully saturated rings. The van der Waals surface area contributed by atoms with Crippen LogP contribution in [0.4, 0.5) is 0 Å². The van der Waals surface area contributed by atoms with Crippen molar-refractivity contribution in [2.24, 2.45) is 0 Å². The Morgan fingerprint density at radius 1 is 1.33 bits per heavy atom. The first-order valence-corrected chi connectivity index (χ1v) is 6.38. The number of rotatable bonds is 7. The third-order valence-electron chi connectivity index (χ3n) is 3.33. The highest BCUT2D eigenvalue weighted by Gasteiger charge is 2.20. The summed E-state index contributed by atoms with van der Waals surface area (Å²) in [5, 5.41) is 12.0. The maximum atomic E-state index is 8.77. The molecule has 0 saturated carbocycles. The van der Waals surface area contributed by atoms with Gasteiger partial charge in [0.2, 0.25) is 0 Å². The Kier molecular flexibility index (Phi) is 6.98. The molecule has 90 valence electrons. The van der Waals surface area contributed by atoms with E-state index in [1.165, 1.54) is 38.8 Å². The zero-order chi connectivity index (χ0) is 10.9. The fourth-order valence-corrected chi connectivity index (χ4v) is 2.42. The van der Waals surface area contributed by atoms with Crippen molar-refractivity contribution >= 4 is 0 Å². The molecule has 0 spiro atoms. The van der Waals surface area contributed by atoms with Crippen LogP contribution in [0.15, 0.2) is 0 Å². The zero-order valence-corrected chi connectivity index (χ0v) is 10.0. The Morgan fingerprint density at radius 2 is 2.20 bits per heavy atom. The summed E-state index contributed by atoms with van der Waals surface area (Å²) < 4.78 is 0. The van der Waals surface area contributed by atoms with Crippen LogP contribution in [0.25, 0.3) is 0 Å². The Balaban J connectivity index is 2.22. The lowest BCUT2D eigenvalue weighted by molar-refractivity contribution is 0.134. The van der Waals surface area contributed by atoms with Crippen LogP contribution in [0.5, 0.6) is 0 Å². The van der Waals surface area contributed by atoms with Crippen molar-refractivity contribution in [3.63, 3.8) is 0 Å². The minimum Gasteiger partial charge on any atom is -0.396 e. The highest BCUT2D eigenvalue weighted by atomic mass is 16.2. The van der Waals surface area contributed by atoms with E-state index in [-0.39, 0.29) is 0 Å². The standard InChI is InChI=1S/C12H26N2O/c1-13-8-7-12-6-2-3-9-14(12)10-4-5-11-15/h12-13,15H,2-11H2,1H3. The van der Waals surface area contributed by atoms with Gasteiger partial charge in [0.15, 0.2) is 0 Å². The second-order valence-corrected chi connectivity index (χ2v) is 4.51. The normalized spacial score (nSPS) is 23.2. The highest BCUT2D eigenvalue weighted by Crippen LogP contribution is 2.19. The molecule has 1 saturated heterocycles. The molecule has 1 unspecified atom stereocenters. The third kappa shape index (κ3) is 4.96. The van der Waals surface area contributed by atoms with Crippen LogP contribution < -0.4 is 5.32 Å². The predicted molar refractivity (Wildman–Crippen MR) is 64.1 cm³/mol. The van der Waals surface area contributed by atoms with Crippen LogP contribution in [0.1, 0.15) is 38.5 Å². The van der Waals surface area contributed by atoms with Crippen molar-refractivity contribution in [2.75, 3.05) is 33.3 Å². The first-order valence-electron chi connectivity index (χ1n) is 6.38. The number of likely N-dealkylation sites (tertiary alicyclic amines) is 1. The molecule has 0 aromatic heterocycles. The Labute approximate surface area is 93.9 Å². The number of hydrogen-bond donors (Lipinski definition) is 2. The summed E-state index contributed by atoms with van der Waals surface area (Å²) in [7, 11) is 2.03. The fourth-order valence-electron chi connectivity index (χ4n) is 2.42. The topological polar surface area (TPSA) is 35.5 Å². The van der Waals surface area contributed by atoms with Gasteiger partial charge in [-0.15, -0.1) is 0 Å². The average molecular weight is 214 g/mol. The third-order valence-corrected chi connectivity index (χ3v) is 3.33. The largest absolute Gasteiger partial charge is 0.396 e. The smallest absolute Gasteiger partial charge is 0.0431 e.